The first-order chi connectivity index (χ1) is 9.57. The molecule has 0 radical (unpaired) electrons. The fourth-order valence-electron chi connectivity index (χ4n) is 1.79. The third kappa shape index (κ3) is 3.81. The molecule has 1 heterocycles. The summed E-state index contributed by atoms with van der Waals surface area (Å²) in [5, 5.41) is 0. The molecule has 1 aromatic heterocycles. The molecule has 2 rings (SSSR count). The Morgan fingerprint density at radius 3 is 2.57 bits per heavy atom. The van der Waals surface area contributed by atoms with E-state index >= 15 is 0 Å². The molecule has 0 saturated carbocycles. The monoisotopic (exact) mass is 309 g/mol. The summed E-state index contributed by atoms with van der Waals surface area (Å²) in [6.45, 7) is 5.40. The Bertz CT molecular complexity index is 800. The number of carbonyl (C=O) groups is 1. The molecule has 0 aliphatic heterocycles. The predicted octanol–water partition coefficient (Wildman–Crippen LogP) is 3.18. The lowest BCUT2D eigenvalue weighted by atomic mass is 10.2. The van der Waals surface area contributed by atoms with Crippen LogP contribution in [0, 0.1) is 0 Å². The van der Waals surface area contributed by atoms with Gasteiger partial charge in [0.1, 0.15) is 23.1 Å². The lowest BCUT2D eigenvalue weighted by molar-refractivity contribution is 0.0543. The molecule has 0 amide bonds. The van der Waals surface area contributed by atoms with Crippen LogP contribution in [0.5, 0.6) is 0 Å². The molecule has 1 aromatic carbocycles. The lowest BCUT2D eigenvalue weighted by Crippen LogP contribution is -2.26. The number of hydrogen-bond donors (Lipinski definition) is 0. The Kier molecular flexibility index (Phi) is 3.79. The molecule has 0 spiro atoms. The van der Waals surface area contributed by atoms with Crippen molar-refractivity contribution in [3.05, 3.63) is 24.5 Å². The van der Waals surface area contributed by atoms with Crippen LogP contribution in [0.4, 0.5) is 10.5 Å². The summed E-state index contributed by atoms with van der Waals surface area (Å²) in [5.41, 5.74) is 1.02. The highest BCUT2D eigenvalue weighted by atomic mass is 32.2. The van der Waals surface area contributed by atoms with E-state index in [4.69, 9.17) is 4.74 Å². The van der Waals surface area contributed by atoms with Gasteiger partial charge in [-0.25, -0.2) is 18.6 Å². The summed E-state index contributed by atoms with van der Waals surface area (Å²) in [6.07, 6.45) is 3.99. The van der Waals surface area contributed by atoms with E-state index < -0.39 is 21.4 Å². The van der Waals surface area contributed by atoms with E-state index in [1.54, 1.807) is 51.5 Å². The summed E-state index contributed by atoms with van der Waals surface area (Å²) in [5.74, 6) is 0. The van der Waals surface area contributed by atoms with Crippen LogP contribution in [0.3, 0.4) is 0 Å². The molecular weight excluding hydrogens is 290 g/mol. The highest BCUT2D eigenvalue weighted by Crippen LogP contribution is 2.26. The van der Waals surface area contributed by atoms with Crippen LogP contribution < -0.4 is 0 Å². The number of ether oxygens (including phenoxy) is 1. The predicted molar refractivity (Wildman–Crippen MR) is 83.4 cm³/mol. The molecule has 21 heavy (non-hydrogen) atoms. The zero-order valence-electron chi connectivity index (χ0n) is 12.8. The van der Waals surface area contributed by atoms with Gasteiger partial charge in [-0.2, -0.15) is 4.36 Å². The minimum absolute atomic E-state index is 0.504. The van der Waals surface area contributed by atoms with Crippen LogP contribution in [-0.2, 0) is 14.5 Å². The number of imidazole rings is 1. The fourth-order valence-corrected chi connectivity index (χ4v) is 2.41. The second-order valence-electron chi connectivity index (χ2n) is 6.01. The van der Waals surface area contributed by atoms with Crippen LogP contribution >= 0.6 is 0 Å². The highest BCUT2D eigenvalue weighted by molar-refractivity contribution is 7.92. The number of carbonyl (C=O) groups excluding carboxylic acids is 1. The van der Waals surface area contributed by atoms with Crippen molar-refractivity contribution in [1.29, 1.82) is 0 Å². The number of aromatic nitrogens is 2. The Morgan fingerprint density at radius 1 is 1.33 bits per heavy atom. The number of rotatable bonds is 1. The van der Waals surface area contributed by atoms with Gasteiger partial charge in [0, 0.05) is 22.2 Å². The van der Waals surface area contributed by atoms with Gasteiger partial charge in [-0.15, -0.1) is 0 Å². The van der Waals surface area contributed by atoms with Crippen LogP contribution in [0.15, 0.2) is 28.9 Å². The normalized spacial score (nSPS) is 12.4. The topological polar surface area (TPSA) is 73.6 Å². The second-order valence-corrected chi connectivity index (χ2v) is 8.56. The Morgan fingerprint density at radius 2 is 2.00 bits per heavy atom. The first kappa shape index (κ1) is 15.5. The van der Waals surface area contributed by atoms with E-state index in [2.05, 4.69) is 9.35 Å². The molecule has 2 aromatic rings. The zero-order chi connectivity index (χ0) is 15.8. The molecule has 0 aliphatic rings. The van der Waals surface area contributed by atoms with Crippen LogP contribution in [0.25, 0.3) is 11.0 Å². The van der Waals surface area contributed by atoms with Gasteiger partial charge in [0.15, 0.2) is 0 Å². The summed E-state index contributed by atoms with van der Waals surface area (Å²) >= 11 is 0. The third-order valence-electron chi connectivity index (χ3n) is 2.46. The second kappa shape index (κ2) is 5.14. The standard InChI is InChI=1S/C14H19N3O3S/c1-14(2,3)20-13(18)17-9-15-12-10(16-21(4,5)19)7-6-8-11(12)17/h6-9H,1-5H3. The number of para-hydroxylation sites is 1. The maximum absolute atomic E-state index is 12.1. The summed E-state index contributed by atoms with van der Waals surface area (Å²) in [6, 6.07) is 5.22. The van der Waals surface area contributed by atoms with Crippen molar-refractivity contribution >= 4 is 32.5 Å². The van der Waals surface area contributed by atoms with Gasteiger partial charge in [0.2, 0.25) is 0 Å². The van der Waals surface area contributed by atoms with Gasteiger partial charge in [0.25, 0.3) is 0 Å². The van der Waals surface area contributed by atoms with Crippen molar-refractivity contribution in [2.75, 3.05) is 12.5 Å². The van der Waals surface area contributed by atoms with E-state index in [1.807, 2.05) is 0 Å². The SMILES string of the molecule is CC(C)(C)OC(=O)n1cnc2c(N=S(C)(C)=O)cccc21. The van der Waals surface area contributed by atoms with E-state index in [9.17, 15) is 9.00 Å². The smallest absolute Gasteiger partial charge is 0.420 e. The Hall–Kier alpha value is -1.89. The van der Waals surface area contributed by atoms with Crippen molar-refractivity contribution in [3.8, 4) is 0 Å². The van der Waals surface area contributed by atoms with Gasteiger partial charge in [-0.05, 0) is 32.9 Å². The third-order valence-corrected chi connectivity index (χ3v) is 3.10. The minimum atomic E-state index is -2.30. The molecule has 6 nitrogen and oxygen atoms in total. The van der Waals surface area contributed by atoms with Gasteiger partial charge < -0.3 is 4.74 Å². The Labute approximate surface area is 124 Å². The molecule has 0 fully saturated rings. The molecule has 0 aliphatic carbocycles. The van der Waals surface area contributed by atoms with Crippen molar-refractivity contribution < 1.29 is 13.7 Å². The minimum Gasteiger partial charge on any atom is -0.443 e. The van der Waals surface area contributed by atoms with E-state index in [-0.39, 0.29) is 0 Å². The zero-order valence-corrected chi connectivity index (χ0v) is 13.6. The summed E-state index contributed by atoms with van der Waals surface area (Å²) in [7, 11) is -2.30. The van der Waals surface area contributed by atoms with E-state index in [1.165, 1.54) is 10.9 Å². The quantitative estimate of drug-likeness (QED) is 0.811. The van der Waals surface area contributed by atoms with Gasteiger partial charge in [-0.1, -0.05) is 6.07 Å². The molecular formula is C14H19N3O3S. The van der Waals surface area contributed by atoms with E-state index in [0.717, 1.165) is 0 Å². The average molecular weight is 309 g/mol. The van der Waals surface area contributed by atoms with Gasteiger partial charge >= 0.3 is 6.09 Å². The molecule has 0 saturated heterocycles. The van der Waals surface area contributed by atoms with Gasteiger partial charge in [-0.3, -0.25) is 0 Å². The molecule has 0 unspecified atom stereocenters. The number of nitrogens with zero attached hydrogens (tertiary/aromatic N) is 3. The van der Waals surface area contributed by atoms with Crippen LogP contribution in [-0.4, -0.2) is 38.0 Å². The number of benzene rings is 1. The van der Waals surface area contributed by atoms with Crippen LogP contribution in [0.1, 0.15) is 20.8 Å². The molecule has 7 heteroatoms. The first-order valence-corrected chi connectivity index (χ1v) is 8.76. The van der Waals surface area contributed by atoms with Crippen molar-refractivity contribution in [2.24, 2.45) is 4.36 Å². The maximum atomic E-state index is 12.1. The van der Waals surface area contributed by atoms with Gasteiger partial charge in [0.05, 0.1) is 5.52 Å². The lowest BCUT2D eigenvalue weighted by Gasteiger charge is -2.19. The molecule has 114 valence electrons. The largest absolute Gasteiger partial charge is 0.443 e. The van der Waals surface area contributed by atoms with Crippen molar-refractivity contribution in [1.82, 2.24) is 9.55 Å². The van der Waals surface area contributed by atoms with Crippen LogP contribution in [0.2, 0.25) is 0 Å². The molecule has 0 bridgehead atoms. The Balaban J connectivity index is 2.54. The van der Waals surface area contributed by atoms with Crippen molar-refractivity contribution in [2.45, 2.75) is 26.4 Å². The fraction of sp³-hybridized carbons (Fsp3) is 0.429. The summed E-state index contributed by atoms with van der Waals surface area (Å²) < 4.78 is 22.7. The average Bonchev–Trinajstić information content (AvgIpc) is 2.69. The molecule has 0 N–H and O–H groups in total. The molecule has 0 atom stereocenters. The summed E-state index contributed by atoms with van der Waals surface area (Å²) in [4.78, 5) is 16.3. The van der Waals surface area contributed by atoms with Crippen molar-refractivity contribution in [3.63, 3.8) is 0 Å². The number of fused-ring (bicyclic) bond motifs is 1. The van der Waals surface area contributed by atoms with E-state index in [0.29, 0.717) is 16.7 Å². The maximum Gasteiger partial charge on any atom is 0.420 e. The highest BCUT2D eigenvalue weighted by Gasteiger charge is 2.20. The first-order valence-electron chi connectivity index (χ1n) is 6.43. The number of hydrogen-bond acceptors (Lipinski definition) is 5.